The lowest BCUT2D eigenvalue weighted by atomic mass is 9.87. The monoisotopic (exact) mass is 973 g/mol. The maximum atomic E-state index is 12.6. The lowest BCUT2D eigenvalue weighted by molar-refractivity contribution is -0.347. The lowest BCUT2D eigenvalue weighted by Crippen LogP contribution is -2.46. The third-order valence-electron chi connectivity index (χ3n) is 9.65. The van der Waals surface area contributed by atoms with Gasteiger partial charge in [-0.15, -0.1) is 0 Å². The molecule has 28 heteroatoms. The van der Waals surface area contributed by atoms with E-state index in [1.807, 2.05) is 0 Å². The fraction of sp³-hybridized carbons (Fsp3) is 0.771. The smallest absolute Gasteiger partial charge is 0.274 e. The predicted octanol–water partition coefficient (Wildman–Crippen LogP) is 0.694. The largest absolute Gasteiger partial charge is 0.790 e. The molecular weight excluding hydrogens is 915 g/mol. The van der Waals surface area contributed by atoms with Gasteiger partial charge in [-0.3, -0.25) is 28.1 Å². The van der Waals surface area contributed by atoms with Crippen molar-refractivity contribution in [1.82, 2.24) is 30.2 Å². The minimum absolute atomic E-state index is 0.0186. The minimum Gasteiger partial charge on any atom is -0.790 e. The number of phosphoric acid groups is 3. The number of nitrogen functional groups attached to an aromatic ring is 1. The van der Waals surface area contributed by atoms with Crippen LogP contribution in [0.2, 0.25) is 0 Å². The van der Waals surface area contributed by atoms with Gasteiger partial charge in [0.25, 0.3) is 15.6 Å². The number of carbonyl (C=O) groups excluding carboxylic acids is 3. The molecule has 1 saturated heterocycles. The molecule has 24 nitrogen and oxygen atoms in total. The Bertz CT molecular complexity index is 1940. The maximum Gasteiger partial charge on any atom is 0.274 e. The Hall–Kier alpha value is -2.44. The van der Waals surface area contributed by atoms with Gasteiger partial charge in [0.2, 0.25) is 11.8 Å². The van der Waals surface area contributed by atoms with E-state index in [1.165, 1.54) is 52.4 Å². The van der Waals surface area contributed by atoms with Crippen molar-refractivity contribution >= 4 is 69.1 Å². The molecule has 2 aromatic heterocycles. The van der Waals surface area contributed by atoms with Gasteiger partial charge in [0.15, 0.2) is 22.8 Å². The molecule has 0 aromatic carbocycles. The molecule has 2 amide bonds. The Morgan fingerprint density at radius 2 is 1.57 bits per heavy atom. The summed E-state index contributed by atoms with van der Waals surface area (Å²) >= 11 is 1.14. The van der Waals surface area contributed by atoms with Crippen LogP contribution in [0.15, 0.2) is 12.7 Å². The number of nitrogens with zero attached hydrogens (tertiary/aromatic N) is 4. The second kappa shape index (κ2) is 25.5. The third-order valence-corrected chi connectivity index (χ3v) is 13.6. The number of amides is 2. The van der Waals surface area contributed by atoms with E-state index in [4.69, 9.17) is 10.5 Å². The molecule has 3 heterocycles. The molecule has 1 fully saturated rings. The van der Waals surface area contributed by atoms with Crippen molar-refractivity contribution in [3.63, 3.8) is 0 Å². The van der Waals surface area contributed by atoms with E-state index < -0.39 is 84.6 Å². The van der Waals surface area contributed by atoms with Gasteiger partial charge in [0, 0.05) is 37.1 Å². The SMILES string of the molecule is CC(C)CCCCCCCCCCC(=O)SCCNC(=O)CCNC(=O)[C@H](O)C(C)(C)COP(=O)([O-])OP(=O)([O-])OC[C@H]1O[C@@H](n2cnc3c(N)ncnc32)[C@H](O)[C@@H]1OP(=O)([O-])[O-]. The number of thioether (sulfide) groups is 1. The first kappa shape index (κ1) is 54.9. The summed E-state index contributed by atoms with van der Waals surface area (Å²) in [7, 11) is -17.6. The first-order valence-electron chi connectivity index (χ1n) is 20.4. The third kappa shape index (κ3) is 19.5. The minimum atomic E-state index is -5.92. The number of rotatable bonds is 30. The van der Waals surface area contributed by atoms with Crippen molar-refractivity contribution in [2.24, 2.45) is 11.3 Å². The number of nitrogens with two attached hydrogens (primary N) is 1. The molecule has 1 aliphatic heterocycles. The standard InChI is InChI=1S/C35H62N7O17P3S/c1-23(2)13-11-9-7-5-6-8-10-12-14-26(44)63-18-17-37-25(43)15-16-38-33(47)30(46)35(3,4)20-56-62(53,54)59-61(51,52)55-19-24-29(58-60(48,49)50)28(45)34(57-24)42-22-41-27-31(36)39-21-40-32(27)42/h21-24,28-30,34,45-46H,5-20H2,1-4H3,(H,37,43)(H,38,47)(H,51,52)(H,53,54)(H2,36,39,40)(H2,48,49,50)/p-4/t24-,28-,29-,30+,34-/m1/s1. The highest BCUT2D eigenvalue weighted by molar-refractivity contribution is 8.13. The number of aliphatic hydroxyl groups excluding tert-OH is 2. The van der Waals surface area contributed by atoms with E-state index in [2.05, 4.69) is 57.3 Å². The normalized spacial score (nSPS) is 20.7. The molecule has 6 N–H and O–H groups in total. The highest BCUT2D eigenvalue weighted by Gasteiger charge is 2.47. The van der Waals surface area contributed by atoms with Crippen LogP contribution in [0, 0.1) is 11.3 Å². The highest BCUT2D eigenvalue weighted by Crippen LogP contribution is 2.56. The number of anilines is 1. The van der Waals surface area contributed by atoms with Crippen molar-refractivity contribution in [1.29, 1.82) is 0 Å². The molecule has 0 saturated carbocycles. The molecule has 0 radical (unpaired) electrons. The number of aliphatic hydroxyl groups is 2. The molecule has 2 unspecified atom stereocenters. The van der Waals surface area contributed by atoms with E-state index in [9.17, 15) is 57.9 Å². The Morgan fingerprint density at radius 1 is 0.937 bits per heavy atom. The molecule has 360 valence electrons. The Balaban J connectivity index is 1.36. The zero-order chi connectivity index (χ0) is 47.0. The fourth-order valence-electron chi connectivity index (χ4n) is 6.23. The molecule has 3 rings (SSSR count). The predicted molar refractivity (Wildman–Crippen MR) is 219 cm³/mol. The van der Waals surface area contributed by atoms with E-state index in [-0.39, 0.29) is 41.6 Å². The number of aromatic nitrogens is 4. The summed E-state index contributed by atoms with van der Waals surface area (Å²) in [5, 5.41) is 26.4. The average Bonchev–Trinajstić information content (AvgIpc) is 3.75. The van der Waals surface area contributed by atoms with Crippen molar-refractivity contribution in [3.05, 3.63) is 12.7 Å². The first-order chi connectivity index (χ1) is 29.4. The van der Waals surface area contributed by atoms with Crippen LogP contribution in [0.25, 0.3) is 11.2 Å². The summed E-state index contributed by atoms with van der Waals surface area (Å²) in [6.45, 7) is 4.65. The first-order valence-corrected chi connectivity index (χ1v) is 25.8. The van der Waals surface area contributed by atoms with E-state index >= 15 is 0 Å². The van der Waals surface area contributed by atoms with Crippen LogP contribution in [-0.4, -0.2) is 103 Å². The summed E-state index contributed by atoms with van der Waals surface area (Å²) in [6, 6.07) is 0. The number of imidazole rings is 1. The zero-order valence-corrected chi connectivity index (χ0v) is 39.1. The van der Waals surface area contributed by atoms with E-state index in [1.54, 1.807) is 0 Å². The number of fused-ring (bicyclic) bond motifs is 1. The summed E-state index contributed by atoms with van der Waals surface area (Å²) < 4.78 is 60.7. The number of hydrogen-bond acceptors (Lipinski definition) is 22. The zero-order valence-electron chi connectivity index (χ0n) is 35.6. The number of nitrogens with one attached hydrogen (secondary N) is 2. The summed E-state index contributed by atoms with van der Waals surface area (Å²) in [4.78, 5) is 96.6. The second-order valence-corrected chi connectivity index (χ2v) is 21.2. The van der Waals surface area contributed by atoms with E-state index in [0.717, 1.165) is 54.2 Å². The number of phosphoric ester groups is 3. The van der Waals surface area contributed by atoms with Gasteiger partial charge in [-0.05, 0) is 12.3 Å². The topological polar surface area (TPSA) is 375 Å². The molecule has 0 bridgehead atoms. The van der Waals surface area contributed by atoms with Crippen molar-refractivity contribution in [3.8, 4) is 0 Å². The quantitative estimate of drug-likeness (QED) is 0.0531. The summed E-state index contributed by atoms with van der Waals surface area (Å²) in [5.41, 5.74) is 4.09. The maximum absolute atomic E-state index is 12.6. The Morgan fingerprint density at radius 3 is 2.22 bits per heavy atom. The van der Waals surface area contributed by atoms with Crippen LogP contribution in [0.5, 0.6) is 0 Å². The van der Waals surface area contributed by atoms with Crippen molar-refractivity contribution in [2.75, 3.05) is 37.8 Å². The number of carbonyl (C=O) groups is 3. The molecule has 63 heavy (non-hydrogen) atoms. The van der Waals surface area contributed by atoms with Crippen LogP contribution < -0.4 is 35.9 Å². The average molecular weight is 974 g/mol. The fourth-order valence-corrected chi connectivity index (χ4v) is 9.68. The van der Waals surface area contributed by atoms with Crippen LogP contribution >= 0.6 is 35.2 Å². The van der Waals surface area contributed by atoms with Crippen molar-refractivity contribution < 1.29 is 80.5 Å². The van der Waals surface area contributed by atoms with Crippen LogP contribution in [0.1, 0.15) is 105 Å². The van der Waals surface area contributed by atoms with Gasteiger partial charge in [-0.25, -0.2) is 19.3 Å². The summed E-state index contributed by atoms with van der Waals surface area (Å²) in [6.07, 6.45) is 3.33. The van der Waals surface area contributed by atoms with Crippen LogP contribution in [0.3, 0.4) is 0 Å². The Kier molecular flexibility index (Phi) is 22.2. The molecule has 2 aromatic rings. The summed E-state index contributed by atoms with van der Waals surface area (Å²) in [5.74, 6) is -0.383. The van der Waals surface area contributed by atoms with Gasteiger partial charge in [0.05, 0.1) is 27.4 Å². The van der Waals surface area contributed by atoms with Crippen LogP contribution in [-0.2, 0) is 50.7 Å². The molecule has 0 aliphatic carbocycles. The number of unbranched alkanes of at least 4 members (excludes halogenated alkanes) is 7. The molecule has 1 aliphatic rings. The van der Waals surface area contributed by atoms with E-state index in [0.29, 0.717) is 12.2 Å². The molecular formula is C35H58N7O17P3S-4. The van der Waals surface area contributed by atoms with Crippen LogP contribution in [0.4, 0.5) is 5.82 Å². The second-order valence-electron chi connectivity index (χ2n) is 16.0. The van der Waals surface area contributed by atoms with Gasteiger partial charge in [-0.1, -0.05) is 90.8 Å². The lowest BCUT2D eigenvalue weighted by Gasteiger charge is -2.36. The van der Waals surface area contributed by atoms with Gasteiger partial charge in [-0.2, -0.15) is 0 Å². The number of ether oxygens (including phenoxy) is 1. The Labute approximate surface area is 369 Å². The van der Waals surface area contributed by atoms with Gasteiger partial charge < -0.3 is 69.0 Å². The van der Waals surface area contributed by atoms with Gasteiger partial charge >= 0.3 is 0 Å². The van der Waals surface area contributed by atoms with Gasteiger partial charge in [0.1, 0.15) is 36.3 Å². The van der Waals surface area contributed by atoms with Crippen molar-refractivity contribution in [2.45, 2.75) is 129 Å². The highest BCUT2D eigenvalue weighted by atomic mass is 32.2. The number of hydrogen-bond donors (Lipinski definition) is 5. The molecule has 0 spiro atoms. The molecule has 7 atom stereocenters.